The molecule has 1 atom stereocenters. The van der Waals surface area contributed by atoms with Crippen molar-refractivity contribution in [2.75, 3.05) is 19.8 Å². The third-order valence-corrected chi connectivity index (χ3v) is 9.29. The van der Waals surface area contributed by atoms with Crippen molar-refractivity contribution in [3.63, 3.8) is 0 Å². The Kier molecular flexibility index (Phi) is 45.1. The monoisotopic (exact) mass is 803 g/mol. The van der Waals surface area contributed by atoms with Gasteiger partial charge in [0, 0.05) is 19.4 Å². The predicted molar refractivity (Wildman–Crippen MR) is 251 cm³/mol. The molecular formula is C53H86O5. The fourth-order valence-corrected chi connectivity index (χ4v) is 5.85. The summed E-state index contributed by atoms with van der Waals surface area (Å²) >= 11 is 0. The molecule has 0 saturated heterocycles. The van der Waals surface area contributed by atoms with E-state index in [9.17, 15) is 9.59 Å². The Morgan fingerprint density at radius 1 is 0.397 bits per heavy atom. The summed E-state index contributed by atoms with van der Waals surface area (Å²) in [6, 6.07) is 0. The number of allylic oxidation sites excluding steroid dienone is 18. The first-order valence-electron chi connectivity index (χ1n) is 23.4. The normalized spacial score (nSPS) is 13.2. The molecule has 0 amide bonds. The summed E-state index contributed by atoms with van der Waals surface area (Å²) in [5.41, 5.74) is 0. The Labute approximate surface area is 357 Å². The van der Waals surface area contributed by atoms with Crippen molar-refractivity contribution in [1.82, 2.24) is 0 Å². The van der Waals surface area contributed by atoms with E-state index in [2.05, 4.69) is 124 Å². The summed E-state index contributed by atoms with van der Waals surface area (Å²) in [6.07, 6.45) is 65.3. The van der Waals surface area contributed by atoms with Crippen molar-refractivity contribution in [3.05, 3.63) is 109 Å². The number of hydrogen-bond donors (Lipinski definition) is 0. The van der Waals surface area contributed by atoms with Crippen molar-refractivity contribution in [1.29, 1.82) is 0 Å². The Morgan fingerprint density at radius 3 is 1.33 bits per heavy atom. The van der Waals surface area contributed by atoms with Gasteiger partial charge in [-0.15, -0.1) is 0 Å². The van der Waals surface area contributed by atoms with E-state index in [1.807, 2.05) is 6.08 Å². The largest absolute Gasteiger partial charge is 0.462 e. The fraction of sp³-hybridized carbons (Fsp3) is 0.623. The molecule has 0 aromatic carbocycles. The summed E-state index contributed by atoms with van der Waals surface area (Å²) in [5, 5.41) is 0. The van der Waals surface area contributed by atoms with Crippen molar-refractivity contribution < 1.29 is 23.8 Å². The number of carbonyl (C=O) groups is 2. The summed E-state index contributed by atoms with van der Waals surface area (Å²) < 4.78 is 17.2. The van der Waals surface area contributed by atoms with E-state index in [0.717, 1.165) is 96.3 Å². The molecule has 1 unspecified atom stereocenters. The van der Waals surface area contributed by atoms with Gasteiger partial charge in [0.2, 0.25) is 0 Å². The molecule has 5 heteroatoms. The lowest BCUT2D eigenvalue weighted by Gasteiger charge is -2.18. The van der Waals surface area contributed by atoms with Crippen LogP contribution in [0.2, 0.25) is 0 Å². The molecule has 0 spiro atoms. The van der Waals surface area contributed by atoms with Gasteiger partial charge in [0.1, 0.15) is 6.61 Å². The highest BCUT2D eigenvalue weighted by Gasteiger charge is 2.17. The fourth-order valence-electron chi connectivity index (χ4n) is 5.85. The van der Waals surface area contributed by atoms with Crippen molar-refractivity contribution in [2.45, 2.75) is 194 Å². The van der Waals surface area contributed by atoms with E-state index < -0.39 is 6.10 Å². The van der Waals surface area contributed by atoms with Crippen LogP contribution in [-0.4, -0.2) is 37.9 Å². The molecule has 0 aromatic rings. The first-order valence-corrected chi connectivity index (χ1v) is 23.4. The summed E-state index contributed by atoms with van der Waals surface area (Å²) in [5.74, 6) is -0.523. The van der Waals surface area contributed by atoms with Gasteiger partial charge in [0.25, 0.3) is 0 Å². The first-order chi connectivity index (χ1) is 28.6. The second kappa shape index (κ2) is 47.9. The van der Waals surface area contributed by atoms with Gasteiger partial charge in [-0.25, -0.2) is 0 Å². The van der Waals surface area contributed by atoms with Crippen LogP contribution in [0, 0.1) is 0 Å². The molecule has 0 radical (unpaired) electrons. The second-order valence-corrected chi connectivity index (χ2v) is 14.9. The van der Waals surface area contributed by atoms with Gasteiger partial charge in [0.15, 0.2) is 6.10 Å². The lowest BCUT2D eigenvalue weighted by Crippen LogP contribution is -2.30. The van der Waals surface area contributed by atoms with Gasteiger partial charge < -0.3 is 14.2 Å². The highest BCUT2D eigenvalue weighted by molar-refractivity contribution is 5.70. The van der Waals surface area contributed by atoms with Crippen LogP contribution in [0.25, 0.3) is 0 Å². The topological polar surface area (TPSA) is 61.8 Å². The van der Waals surface area contributed by atoms with Crippen LogP contribution in [0.3, 0.4) is 0 Å². The van der Waals surface area contributed by atoms with Crippen LogP contribution >= 0.6 is 0 Å². The summed E-state index contributed by atoms with van der Waals surface area (Å²) in [6.45, 7) is 7.41. The Bertz CT molecular complexity index is 1180. The van der Waals surface area contributed by atoms with Crippen molar-refractivity contribution in [3.8, 4) is 0 Å². The zero-order valence-electron chi connectivity index (χ0n) is 37.5. The van der Waals surface area contributed by atoms with Crippen LogP contribution in [-0.2, 0) is 23.8 Å². The van der Waals surface area contributed by atoms with Gasteiger partial charge in [0.05, 0.1) is 6.61 Å². The number of unbranched alkanes of at least 4 members (excludes halogenated alkanes) is 12. The average Bonchev–Trinajstić information content (AvgIpc) is 3.22. The van der Waals surface area contributed by atoms with Crippen molar-refractivity contribution >= 4 is 11.9 Å². The minimum absolute atomic E-state index is 0.0296. The SMILES string of the molecule is CC/C=C\C/C=C\C/C=C\C/C=C\CCCCCCCOCC(COC(=O)CC/C=C\C/C=C\C/C=C\C/C=C\CC)OC(=O)CCCCCCC/C=C\CCCC. The summed E-state index contributed by atoms with van der Waals surface area (Å²) in [7, 11) is 0. The van der Waals surface area contributed by atoms with E-state index in [4.69, 9.17) is 14.2 Å². The van der Waals surface area contributed by atoms with Gasteiger partial charge in [-0.2, -0.15) is 0 Å². The van der Waals surface area contributed by atoms with E-state index in [1.165, 1.54) is 51.4 Å². The lowest BCUT2D eigenvalue weighted by molar-refractivity contribution is -0.162. The third-order valence-electron chi connectivity index (χ3n) is 9.29. The standard InChI is InChI=1S/C53H86O5/c1-4-7-10-13-16-19-22-24-25-26-27-28-30-33-36-39-42-45-48-56-49-51(58-53(55)47-44-41-38-35-31-21-18-15-12-9-6-3)50-57-52(54)46-43-40-37-34-32-29-23-20-17-14-11-8-5-2/h7-8,10-11,15-20,24-25,27-29,32,37,40,51H,4-6,9,12-14,21-23,26,30-31,33-36,38-39,41-50H2,1-3H3/b10-7-,11-8-,18-15-,19-16-,20-17-,25-24-,28-27-,32-29-,40-37-. The Balaban J connectivity index is 4.40. The van der Waals surface area contributed by atoms with E-state index >= 15 is 0 Å². The summed E-state index contributed by atoms with van der Waals surface area (Å²) in [4.78, 5) is 25.2. The maximum Gasteiger partial charge on any atom is 0.306 e. The molecule has 0 saturated carbocycles. The van der Waals surface area contributed by atoms with Gasteiger partial charge in [-0.3, -0.25) is 9.59 Å². The van der Waals surface area contributed by atoms with Gasteiger partial charge >= 0.3 is 11.9 Å². The predicted octanol–water partition coefficient (Wildman–Crippen LogP) is 15.7. The van der Waals surface area contributed by atoms with Crippen LogP contribution < -0.4 is 0 Å². The minimum atomic E-state index is -0.584. The smallest absolute Gasteiger partial charge is 0.306 e. The molecule has 0 aliphatic rings. The molecule has 0 bridgehead atoms. The molecule has 0 heterocycles. The maximum atomic E-state index is 12.7. The number of carbonyl (C=O) groups excluding carboxylic acids is 2. The minimum Gasteiger partial charge on any atom is -0.462 e. The zero-order valence-corrected chi connectivity index (χ0v) is 37.5. The van der Waals surface area contributed by atoms with Crippen molar-refractivity contribution in [2.24, 2.45) is 0 Å². The highest BCUT2D eigenvalue weighted by Crippen LogP contribution is 2.11. The third kappa shape index (κ3) is 45.3. The van der Waals surface area contributed by atoms with Crippen LogP contribution in [0.4, 0.5) is 0 Å². The first kappa shape index (κ1) is 54.6. The highest BCUT2D eigenvalue weighted by atomic mass is 16.6. The molecular weight excluding hydrogens is 717 g/mol. The molecule has 5 nitrogen and oxygen atoms in total. The molecule has 0 fully saturated rings. The number of hydrogen-bond acceptors (Lipinski definition) is 5. The second-order valence-electron chi connectivity index (χ2n) is 14.9. The van der Waals surface area contributed by atoms with Crippen LogP contribution in [0.15, 0.2) is 109 Å². The quantitative estimate of drug-likeness (QED) is 0.0350. The number of esters is 2. The number of ether oxygens (including phenoxy) is 3. The molecule has 0 aromatic heterocycles. The van der Waals surface area contributed by atoms with E-state index in [1.54, 1.807) is 0 Å². The Hall–Kier alpha value is -3.44. The maximum absolute atomic E-state index is 12.7. The lowest BCUT2D eigenvalue weighted by atomic mass is 10.1. The van der Waals surface area contributed by atoms with Gasteiger partial charge in [-0.1, -0.05) is 182 Å². The van der Waals surface area contributed by atoms with E-state index in [0.29, 0.717) is 25.9 Å². The molecule has 328 valence electrons. The van der Waals surface area contributed by atoms with Gasteiger partial charge in [-0.05, 0) is 103 Å². The van der Waals surface area contributed by atoms with E-state index in [-0.39, 0.29) is 25.2 Å². The van der Waals surface area contributed by atoms with Crippen LogP contribution in [0.5, 0.6) is 0 Å². The molecule has 0 aliphatic heterocycles. The molecule has 0 N–H and O–H groups in total. The molecule has 0 aliphatic carbocycles. The van der Waals surface area contributed by atoms with Crippen LogP contribution in [0.1, 0.15) is 188 Å². The zero-order chi connectivity index (χ0) is 42.1. The molecule has 58 heavy (non-hydrogen) atoms. The average molecular weight is 803 g/mol. The number of rotatable bonds is 41. The molecule has 0 rings (SSSR count). The Morgan fingerprint density at radius 2 is 0.810 bits per heavy atom.